The van der Waals surface area contributed by atoms with Crippen LogP contribution in [0.4, 0.5) is 13.2 Å². The Morgan fingerprint density at radius 1 is 1.11 bits per heavy atom. The number of rotatable bonds is 3. The van der Waals surface area contributed by atoms with E-state index in [9.17, 15) is 18.3 Å². The SMILES string of the molecule is Cl.N[C@@H](c1cc(F)c(F)cc1F)[C@H](O)C1CCC1. The van der Waals surface area contributed by atoms with E-state index in [1.165, 1.54) is 0 Å². The molecule has 2 nitrogen and oxygen atoms in total. The van der Waals surface area contributed by atoms with Gasteiger partial charge in [0.05, 0.1) is 12.1 Å². The molecule has 18 heavy (non-hydrogen) atoms. The second kappa shape index (κ2) is 5.91. The van der Waals surface area contributed by atoms with Gasteiger partial charge in [0, 0.05) is 11.6 Å². The predicted octanol–water partition coefficient (Wildman–Crippen LogP) is 2.69. The number of nitrogens with two attached hydrogens (primary N) is 1. The van der Waals surface area contributed by atoms with Gasteiger partial charge in [-0.2, -0.15) is 0 Å². The van der Waals surface area contributed by atoms with Crippen LogP contribution >= 0.6 is 12.4 Å². The van der Waals surface area contributed by atoms with Crippen molar-refractivity contribution in [2.75, 3.05) is 0 Å². The molecule has 1 aliphatic rings. The quantitative estimate of drug-likeness (QED) is 0.837. The van der Waals surface area contributed by atoms with Gasteiger partial charge in [-0.05, 0) is 24.8 Å². The highest BCUT2D eigenvalue weighted by Crippen LogP contribution is 2.35. The molecule has 1 fully saturated rings. The van der Waals surface area contributed by atoms with Crippen molar-refractivity contribution in [1.82, 2.24) is 0 Å². The summed E-state index contributed by atoms with van der Waals surface area (Å²) in [6, 6.07) is 0.158. The summed E-state index contributed by atoms with van der Waals surface area (Å²) in [5.74, 6) is -3.30. The van der Waals surface area contributed by atoms with Crippen molar-refractivity contribution in [2.45, 2.75) is 31.4 Å². The van der Waals surface area contributed by atoms with Crippen LogP contribution in [-0.4, -0.2) is 11.2 Å². The van der Waals surface area contributed by atoms with Crippen molar-refractivity contribution in [1.29, 1.82) is 0 Å². The average Bonchev–Trinajstić information content (AvgIpc) is 2.20. The van der Waals surface area contributed by atoms with Crippen molar-refractivity contribution in [3.05, 3.63) is 35.1 Å². The normalized spacial score (nSPS) is 18.7. The molecule has 0 spiro atoms. The smallest absolute Gasteiger partial charge is 0.161 e. The first-order chi connectivity index (χ1) is 8.00. The third kappa shape index (κ3) is 2.79. The maximum Gasteiger partial charge on any atom is 0.161 e. The molecule has 0 aromatic heterocycles. The Morgan fingerprint density at radius 2 is 1.67 bits per heavy atom. The molecular weight excluding hydrogens is 267 g/mol. The maximum absolute atomic E-state index is 13.4. The lowest BCUT2D eigenvalue weighted by Gasteiger charge is -2.33. The standard InChI is InChI=1S/C12H14F3NO.ClH/c13-8-5-10(15)9(14)4-7(8)11(16)12(17)6-2-1-3-6;/h4-6,11-12,17H,1-3,16H2;1H/t11-,12+;/m0./s1. The Kier molecular flexibility index (Phi) is 5.01. The third-order valence-corrected chi connectivity index (χ3v) is 3.40. The molecule has 1 aliphatic carbocycles. The second-order valence-electron chi connectivity index (χ2n) is 4.50. The summed E-state index contributed by atoms with van der Waals surface area (Å²) >= 11 is 0. The van der Waals surface area contributed by atoms with Gasteiger partial charge in [0.1, 0.15) is 5.82 Å². The van der Waals surface area contributed by atoms with Gasteiger partial charge in [0.2, 0.25) is 0 Å². The highest BCUT2D eigenvalue weighted by atomic mass is 35.5. The van der Waals surface area contributed by atoms with Crippen LogP contribution in [0, 0.1) is 23.4 Å². The van der Waals surface area contributed by atoms with Gasteiger partial charge in [-0.3, -0.25) is 0 Å². The van der Waals surface area contributed by atoms with Gasteiger partial charge in [0.15, 0.2) is 11.6 Å². The summed E-state index contributed by atoms with van der Waals surface area (Å²) < 4.78 is 39.2. The number of aliphatic hydroxyl groups excluding tert-OH is 1. The van der Waals surface area contributed by atoms with Crippen LogP contribution in [0.15, 0.2) is 12.1 Å². The van der Waals surface area contributed by atoms with E-state index in [2.05, 4.69) is 0 Å². The molecule has 0 unspecified atom stereocenters. The Balaban J connectivity index is 0.00000162. The molecule has 0 amide bonds. The summed E-state index contributed by atoms with van der Waals surface area (Å²) in [5, 5.41) is 9.87. The number of hydrogen-bond acceptors (Lipinski definition) is 2. The van der Waals surface area contributed by atoms with Crippen LogP contribution in [0.1, 0.15) is 30.9 Å². The highest BCUT2D eigenvalue weighted by Gasteiger charge is 2.32. The van der Waals surface area contributed by atoms with E-state index in [0.29, 0.717) is 6.07 Å². The molecule has 0 heterocycles. The number of halogens is 4. The van der Waals surface area contributed by atoms with E-state index in [4.69, 9.17) is 5.73 Å². The summed E-state index contributed by atoms with van der Waals surface area (Å²) in [7, 11) is 0. The Labute approximate surface area is 109 Å². The van der Waals surface area contributed by atoms with E-state index in [0.717, 1.165) is 25.3 Å². The fourth-order valence-electron chi connectivity index (χ4n) is 2.05. The van der Waals surface area contributed by atoms with Gasteiger partial charge < -0.3 is 10.8 Å². The van der Waals surface area contributed by atoms with Crippen molar-refractivity contribution >= 4 is 12.4 Å². The first-order valence-corrected chi connectivity index (χ1v) is 5.59. The molecule has 3 N–H and O–H groups in total. The highest BCUT2D eigenvalue weighted by molar-refractivity contribution is 5.85. The Morgan fingerprint density at radius 3 is 2.17 bits per heavy atom. The topological polar surface area (TPSA) is 46.2 Å². The Hall–Kier alpha value is -0.780. The minimum atomic E-state index is -1.25. The molecule has 2 rings (SSSR count). The van der Waals surface area contributed by atoms with Crippen molar-refractivity contribution in [3.63, 3.8) is 0 Å². The van der Waals surface area contributed by atoms with Crippen LogP contribution in [0.3, 0.4) is 0 Å². The molecule has 1 aromatic carbocycles. The van der Waals surface area contributed by atoms with Gasteiger partial charge in [0.25, 0.3) is 0 Å². The summed E-state index contributed by atoms with van der Waals surface area (Å²) in [5.41, 5.74) is 5.51. The average molecular weight is 282 g/mol. The van der Waals surface area contributed by atoms with Crippen LogP contribution in [0.5, 0.6) is 0 Å². The summed E-state index contributed by atoms with van der Waals surface area (Å²) in [6.45, 7) is 0. The van der Waals surface area contributed by atoms with Gasteiger partial charge >= 0.3 is 0 Å². The van der Waals surface area contributed by atoms with E-state index >= 15 is 0 Å². The summed E-state index contributed by atoms with van der Waals surface area (Å²) in [4.78, 5) is 0. The number of aliphatic hydroxyl groups is 1. The minimum Gasteiger partial charge on any atom is -0.391 e. The van der Waals surface area contributed by atoms with Gasteiger partial charge in [-0.1, -0.05) is 6.42 Å². The Bertz CT molecular complexity index is 426. The van der Waals surface area contributed by atoms with Gasteiger partial charge in [-0.15, -0.1) is 12.4 Å². The van der Waals surface area contributed by atoms with Crippen LogP contribution < -0.4 is 5.73 Å². The van der Waals surface area contributed by atoms with E-state index in [-0.39, 0.29) is 23.9 Å². The fourth-order valence-corrected chi connectivity index (χ4v) is 2.05. The molecule has 1 saturated carbocycles. The number of benzene rings is 1. The first kappa shape index (κ1) is 15.3. The molecule has 1 aromatic rings. The van der Waals surface area contributed by atoms with E-state index in [1.807, 2.05) is 0 Å². The minimum absolute atomic E-state index is 0. The zero-order valence-corrected chi connectivity index (χ0v) is 10.4. The zero-order valence-electron chi connectivity index (χ0n) is 9.57. The molecule has 0 aliphatic heterocycles. The monoisotopic (exact) mass is 281 g/mol. The molecule has 0 radical (unpaired) electrons. The second-order valence-corrected chi connectivity index (χ2v) is 4.50. The fraction of sp³-hybridized carbons (Fsp3) is 0.500. The van der Waals surface area contributed by atoms with Crippen molar-refractivity contribution < 1.29 is 18.3 Å². The van der Waals surface area contributed by atoms with Crippen molar-refractivity contribution in [3.8, 4) is 0 Å². The lowest BCUT2D eigenvalue weighted by Crippen LogP contribution is -2.37. The molecule has 0 saturated heterocycles. The van der Waals surface area contributed by atoms with Crippen molar-refractivity contribution in [2.24, 2.45) is 11.7 Å². The molecule has 0 bridgehead atoms. The molecule has 2 atom stereocenters. The largest absolute Gasteiger partial charge is 0.391 e. The van der Waals surface area contributed by atoms with Crippen LogP contribution in [0.25, 0.3) is 0 Å². The van der Waals surface area contributed by atoms with E-state index < -0.39 is 29.6 Å². The number of hydrogen-bond donors (Lipinski definition) is 2. The lowest BCUT2D eigenvalue weighted by atomic mass is 9.77. The third-order valence-electron chi connectivity index (χ3n) is 3.40. The lowest BCUT2D eigenvalue weighted by molar-refractivity contribution is 0.0403. The van der Waals surface area contributed by atoms with Gasteiger partial charge in [-0.25, -0.2) is 13.2 Å². The summed E-state index contributed by atoms with van der Waals surface area (Å²) in [6.07, 6.45) is 1.76. The van der Waals surface area contributed by atoms with Crippen LogP contribution in [-0.2, 0) is 0 Å². The van der Waals surface area contributed by atoms with E-state index in [1.54, 1.807) is 0 Å². The molecule has 6 heteroatoms. The molecule has 102 valence electrons. The maximum atomic E-state index is 13.4. The first-order valence-electron chi connectivity index (χ1n) is 5.59. The molecular formula is C12H15ClF3NO. The van der Waals surface area contributed by atoms with Crippen LogP contribution in [0.2, 0.25) is 0 Å². The zero-order chi connectivity index (χ0) is 12.6. The predicted molar refractivity (Wildman–Crippen MR) is 63.8 cm³/mol.